The molecule has 9 rings (SSSR count). The van der Waals surface area contributed by atoms with Crippen LogP contribution in [-0.2, 0) is 25.7 Å². The quantitative estimate of drug-likeness (QED) is 0.137. The van der Waals surface area contributed by atoms with Gasteiger partial charge in [-0.3, -0.25) is 9.80 Å². The summed E-state index contributed by atoms with van der Waals surface area (Å²) in [5.41, 5.74) is 6.76. The van der Waals surface area contributed by atoms with Gasteiger partial charge in [0.15, 0.2) is 34.5 Å². The molecule has 0 radical (unpaired) electrons. The normalized spacial score (nSPS) is 18.1. The van der Waals surface area contributed by atoms with Crippen molar-refractivity contribution in [1.82, 2.24) is 20.0 Å². The molecule has 5 aromatic rings. The van der Waals surface area contributed by atoms with Crippen LogP contribution in [0, 0.1) is 0 Å². The molecule has 0 fully saturated rings. The topological polar surface area (TPSA) is 105 Å². The summed E-state index contributed by atoms with van der Waals surface area (Å²) in [5.74, 6) is 3.45. The molecule has 2 atom stereocenters. The highest BCUT2D eigenvalue weighted by Crippen LogP contribution is 2.52. The number of methoxy groups -OCH3 is 3. The predicted octanol–water partition coefficient (Wildman–Crippen LogP) is 7.16. The predicted molar refractivity (Wildman–Crippen MR) is 198 cm³/mol. The second-order valence-electron chi connectivity index (χ2n) is 13.8. The van der Waals surface area contributed by atoms with E-state index in [2.05, 4.69) is 64.4 Å². The van der Waals surface area contributed by atoms with E-state index in [1.807, 2.05) is 30.3 Å². The number of nitrogens with zero attached hydrogens (tertiary/aromatic N) is 4. The van der Waals surface area contributed by atoms with Crippen molar-refractivity contribution in [3.05, 3.63) is 118 Å². The van der Waals surface area contributed by atoms with E-state index in [9.17, 15) is 4.79 Å². The molecule has 4 aliphatic heterocycles. The molecule has 272 valence electrons. The highest BCUT2D eigenvalue weighted by Gasteiger charge is 2.35. The van der Waals surface area contributed by atoms with Gasteiger partial charge in [-0.15, -0.1) is 0 Å². The van der Waals surface area contributed by atoms with Gasteiger partial charge in [-0.25, -0.2) is 4.79 Å². The van der Waals surface area contributed by atoms with E-state index in [-0.39, 0.29) is 23.4 Å². The lowest BCUT2D eigenvalue weighted by atomic mass is 9.87. The van der Waals surface area contributed by atoms with Crippen LogP contribution in [0.2, 0.25) is 0 Å². The third kappa shape index (κ3) is 6.62. The molecule has 1 aromatic heterocycles. The summed E-state index contributed by atoms with van der Waals surface area (Å²) in [6.45, 7) is 1.70. The van der Waals surface area contributed by atoms with Crippen molar-refractivity contribution in [2.24, 2.45) is 0 Å². The third-order valence-electron chi connectivity index (χ3n) is 10.7. The Hall–Kier alpha value is -5.65. The van der Waals surface area contributed by atoms with Crippen molar-refractivity contribution in [3.8, 4) is 46.0 Å². The first kappa shape index (κ1) is 34.4. The fraction of sp³-hybridized carbons (Fsp3) is 0.310. The van der Waals surface area contributed by atoms with Crippen molar-refractivity contribution in [2.45, 2.75) is 37.8 Å². The van der Waals surface area contributed by atoms with Crippen molar-refractivity contribution in [1.29, 1.82) is 0 Å². The Kier molecular flexibility index (Phi) is 9.36. The molecule has 53 heavy (non-hydrogen) atoms. The smallest absolute Gasteiger partial charge is 0.345 e. The van der Waals surface area contributed by atoms with E-state index in [1.54, 1.807) is 27.4 Å². The molecule has 0 N–H and O–H groups in total. The molecular weight excluding hydrogens is 672 g/mol. The Balaban J connectivity index is 1.36. The van der Waals surface area contributed by atoms with Crippen LogP contribution in [0.15, 0.2) is 79.1 Å². The zero-order valence-electron chi connectivity index (χ0n) is 30.5. The van der Waals surface area contributed by atoms with Gasteiger partial charge in [0.05, 0.1) is 39.3 Å². The van der Waals surface area contributed by atoms with Gasteiger partial charge in [0, 0.05) is 30.7 Å². The lowest BCUT2D eigenvalue weighted by Crippen LogP contribution is -2.34. The first-order chi connectivity index (χ1) is 25.8. The first-order valence-electron chi connectivity index (χ1n) is 17.8. The summed E-state index contributed by atoms with van der Waals surface area (Å²) in [4.78, 5) is 18.4. The number of aromatic nitrogens is 2. The van der Waals surface area contributed by atoms with Gasteiger partial charge < -0.3 is 28.4 Å². The summed E-state index contributed by atoms with van der Waals surface area (Å²) in [5, 5.41) is 7.71. The van der Waals surface area contributed by atoms with Gasteiger partial charge in [-0.1, -0.05) is 18.2 Å². The van der Waals surface area contributed by atoms with Crippen LogP contribution in [0.1, 0.15) is 55.8 Å². The number of esters is 1. The van der Waals surface area contributed by atoms with E-state index >= 15 is 0 Å². The Morgan fingerprint density at radius 2 is 1.40 bits per heavy atom. The Morgan fingerprint density at radius 3 is 2.13 bits per heavy atom. The van der Waals surface area contributed by atoms with Gasteiger partial charge in [0.25, 0.3) is 0 Å². The zero-order chi connectivity index (χ0) is 36.6. The Bertz CT molecular complexity index is 2160. The van der Waals surface area contributed by atoms with Crippen molar-refractivity contribution < 1.29 is 33.2 Å². The van der Waals surface area contributed by atoms with Crippen LogP contribution in [0.25, 0.3) is 0 Å². The number of carbonyl (C=O) groups is 1. The van der Waals surface area contributed by atoms with Gasteiger partial charge in [-0.05, 0) is 116 Å². The molecule has 0 saturated heterocycles. The lowest BCUT2D eigenvalue weighted by molar-refractivity contribution is 0.0723. The van der Waals surface area contributed by atoms with E-state index in [0.29, 0.717) is 40.9 Å². The number of fused-ring (bicyclic) bond motifs is 2. The number of carbonyl (C=O) groups excluding carboxylic acids is 1. The highest BCUT2D eigenvalue weighted by atomic mass is 16.6. The van der Waals surface area contributed by atoms with Crippen molar-refractivity contribution in [3.63, 3.8) is 0 Å². The summed E-state index contributed by atoms with van der Waals surface area (Å²) >= 11 is 0. The monoisotopic (exact) mass is 714 g/mol. The van der Waals surface area contributed by atoms with E-state index in [1.165, 1.54) is 23.5 Å². The fourth-order valence-corrected chi connectivity index (χ4v) is 7.74. The molecule has 11 nitrogen and oxygen atoms in total. The van der Waals surface area contributed by atoms with Crippen LogP contribution in [-0.4, -0.2) is 74.5 Å². The lowest BCUT2D eigenvalue weighted by Gasteiger charge is -2.37. The van der Waals surface area contributed by atoms with Crippen molar-refractivity contribution >= 4 is 5.97 Å². The minimum Gasteiger partial charge on any atom is -0.493 e. The molecule has 0 amide bonds. The van der Waals surface area contributed by atoms with Crippen LogP contribution in [0.3, 0.4) is 0 Å². The molecule has 4 aliphatic rings. The second-order valence-corrected chi connectivity index (χ2v) is 13.8. The molecule has 0 saturated carbocycles. The minimum absolute atomic E-state index is 0.0732. The number of benzene rings is 4. The van der Waals surface area contributed by atoms with Crippen LogP contribution in [0.4, 0.5) is 0 Å². The summed E-state index contributed by atoms with van der Waals surface area (Å²) < 4.78 is 37.5. The Morgan fingerprint density at radius 1 is 0.717 bits per heavy atom. The van der Waals surface area contributed by atoms with Gasteiger partial charge in [-0.2, -0.15) is 10.2 Å². The number of hydrogen-bond donors (Lipinski definition) is 0. The van der Waals surface area contributed by atoms with Crippen LogP contribution >= 0.6 is 0 Å². The maximum absolute atomic E-state index is 13.7. The molecule has 0 spiro atoms. The van der Waals surface area contributed by atoms with Gasteiger partial charge in [0.1, 0.15) is 5.75 Å². The maximum atomic E-state index is 13.7. The molecular formula is C42H42N4O7. The standard InChI is InChI=1S/C42H42N4O7/c1-45-16-13-27-21-35(49-4)37-23-31(27)32(45)18-25-6-9-30(10-7-25)51-36-20-26(8-11-34(36)48-3)19-33-39-28(14-17-46(33)2)22-38(50-5)40(41(39)52-37)53-42(47)29-12-15-43-44-24-29/h6-12,15,20-24,32-33H,13-14,16-19H2,1-5H3/t32-,33-/m0/s1. The van der Waals surface area contributed by atoms with Gasteiger partial charge >= 0.3 is 5.97 Å². The van der Waals surface area contributed by atoms with E-state index in [4.69, 9.17) is 28.4 Å². The Labute approximate surface area is 309 Å². The maximum Gasteiger partial charge on any atom is 0.345 e. The summed E-state index contributed by atoms with van der Waals surface area (Å²) in [7, 11) is 9.13. The van der Waals surface area contributed by atoms with Crippen molar-refractivity contribution in [2.75, 3.05) is 48.5 Å². The molecule has 0 aliphatic carbocycles. The molecule has 11 heteroatoms. The zero-order valence-corrected chi connectivity index (χ0v) is 30.5. The largest absolute Gasteiger partial charge is 0.493 e. The third-order valence-corrected chi connectivity index (χ3v) is 10.7. The average Bonchev–Trinajstić information content (AvgIpc) is 3.18. The van der Waals surface area contributed by atoms with Gasteiger partial charge in [0.2, 0.25) is 5.75 Å². The molecule has 4 aromatic carbocycles. The molecule has 6 bridgehead atoms. The first-order valence-corrected chi connectivity index (χ1v) is 17.8. The molecule has 0 unspecified atom stereocenters. The fourth-order valence-electron chi connectivity index (χ4n) is 7.74. The molecule has 5 heterocycles. The summed E-state index contributed by atoms with van der Waals surface area (Å²) in [6.07, 6.45) is 5.81. The number of hydrogen-bond acceptors (Lipinski definition) is 11. The number of rotatable bonds is 5. The number of ether oxygens (including phenoxy) is 6. The minimum atomic E-state index is -0.611. The average molecular weight is 715 g/mol. The summed E-state index contributed by atoms with van der Waals surface area (Å²) in [6, 6.07) is 21.9. The number of likely N-dealkylation sites (N-methyl/N-ethyl adjacent to an activating group) is 2. The van der Waals surface area contributed by atoms with Crippen LogP contribution in [0.5, 0.6) is 46.0 Å². The SMILES string of the molecule is COc1ccc2cc1Oc1ccc(cc1)C[C@H]1c3cc(c(OC)cc3CCN1C)Oc1c(OC(=O)c3ccnnc3)c(OC)cc3c1[C@H](C2)N(C)CC3. The van der Waals surface area contributed by atoms with Crippen LogP contribution < -0.4 is 28.4 Å². The van der Waals surface area contributed by atoms with E-state index < -0.39 is 5.97 Å². The second kappa shape index (κ2) is 14.4. The van der Waals surface area contributed by atoms with E-state index in [0.717, 1.165) is 60.4 Å². The highest BCUT2D eigenvalue weighted by molar-refractivity contribution is 5.91.